The Labute approximate surface area is 93.2 Å². The molecule has 0 aliphatic rings. The molecule has 2 aromatic heterocycles. The van der Waals surface area contributed by atoms with E-state index < -0.39 is 0 Å². The van der Waals surface area contributed by atoms with Crippen LogP contribution in [-0.4, -0.2) is 15.0 Å². The topological polar surface area (TPSA) is 38.7 Å². The van der Waals surface area contributed by atoms with Crippen molar-refractivity contribution in [3.8, 4) is 0 Å². The van der Waals surface area contributed by atoms with Crippen molar-refractivity contribution >= 4 is 21.8 Å². The van der Waals surface area contributed by atoms with Gasteiger partial charge in [0.2, 0.25) is 0 Å². The lowest BCUT2D eigenvalue weighted by molar-refractivity contribution is 1.26. The van der Waals surface area contributed by atoms with E-state index in [1.165, 1.54) is 11.1 Å². The van der Waals surface area contributed by atoms with Gasteiger partial charge in [-0.15, -0.1) is 0 Å². The Morgan fingerprint density at radius 3 is 2.38 bits per heavy atom. The zero-order valence-corrected chi connectivity index (χ0v) is 9.23. The maximum atomic E-state index is 4.42. The minimum Gasteiger partial charge on any atom is -0.264 e. The second-order valence-corrected chi connectivity index (χ2v) is 3.92. The summed E-state index contributed by atoms with van der Waals surface area (Å²) in [6.07, 6.45) is 7.16. The van der Waals surface area contributed by atoms with Gasteiger partial charge in [0.25, 0.3) is 0 Å². The van der Waals surface area contributed by atoms with E-state index >= 15 is 0 Å². The Bertz CT molecular complexity index is 628. The smallest absolute Gasteiger partial charge is 0.0969 e. The van der Waals surface area contributed by atoms with Crippen LogP contribution in [0.1, 0.15) is 11.1 Å². The molecule has 16 heavy (non-hydrogen) atoms. The van der Waals surface area contributed by atoms with Crippen molar-refractivity contribution in [1.82, 2.24) is 15.0 Å². The zero-order valence-electron chi connectivity index (χ0n) is 9.23. The molecule has 0 aliphatic carbocycles. The van der Waals surface area contributed by atoms with Crippen LogP contribution in [-0.2, 0) is 0 Å². The van der Waals surface area contributed by atoms with E-state index in [1.54, 1.807) is 18.6 Å². The van der Waals surface area contributed by atoms with Crippen molar-refractivity contribution in [2.75, 3.05) is 0 Å². The first-order chi connectivity index (χ1) is 7.79. The van der Waals surface area contributed by atoms with Gasteiger partial charge >= 0.3 is 0 Å². The van der Waals surface area contributed by atoms with Crippen LogP contribution in [0.15, 0.2) is 30.9 Å². The highest BCUT2D eigenvalue weighted by atomic mass is 14.8. The molecule has 78 valence electrons. The summed E-state index contributed by atoms with van der Waals surface area (Å²) in [6, 6.07) is 2.00. The van der Waals surface area contributed by atoms with Gasteiger partial charge in [-0.1, -0.05) is 0 Å². The van der Waals surface area contributed by atoms with Gasteiger partial charge in [-0.25, -0.2) is 0 Å². The fourth-order valence-electron chi connectivity index (χ4n) is 2.09. The predicted octanol–water partition coefficient (Wildman–Crippen LogP) is 2.79. The number of aromatic nitrogens is 3. The van der Waals surface area contributed by atoms with Gasteiger partial charge in [-0.05, 0) is 31.0 Å². The Morgan fingerprint density at radius 2 is 1.56 bits per heavy atom. The van der Waals surface area contributed by atoms with Gasteiger partial charge in [0.15, 0.2) is 0 Å². The van der Waals surface area contributed by atoms with E-state index in [2.05, 4.69) is 28.8 Å². The van der Waals surface area contributed by atoms with E-state index in [9.17, 15) is 0 Å². The molecule has 3 rings (SSSR count). The highest BCUT2D eigenvalue weighted by Crippen LogP contribution is 2.28. The second kappa shape index (κ2) is 3.23. The van der Waals surface area contributed by atoms with Crippen LogP contribution in [0.5, 0.6) is 0 Å². The molecular weight excluding hydrogens is 198 g/mol. The van der Waals surface area contributed by atoms with Gasteiger partial charge < -0.3 is 0 Å². The van der Waals surface area contributed by atoms with Crippen molar-refractivity contribution in [2.24, 2.45) is 0 Å². The van der Waals surface area contributed by atoms with E-state index in [0.29, 0.717) is 0 Å². The van der Waals surface area contributed by atoms with Crippen molar-refractivity contribution in [2.45, 2.75) is 13.8 Å². The molecule has 0 radical (unpaired) electrons. The lowest BCUT2D eigenvalue weighted by atomic mass is 10.0. The first-order valence-corrected chi connectivity index (χ1v) is 5.22. The number of pyridine rings is 1. The van der Waals surface area contributed by atoms with Gasteiger partial charge in [0.05, 0.1) is 11.0 Å². The third kappa shape index (κ3) is 1.11. The summed E-state index contributed by atoms with van der Waals surface area (Å²) < 4.78 is 0. The molecule has 0 saturated carbocycles. The fourth-order valence-corrected chi connectivity index (χ4v) is 2.09. The summed E-state index contributed by atoms with van der Waals surface area (Å²) >= 11 is 0. The average Bonchev–Trinajstić information content (AvgIpc) is 2.36. The summed E-state index contributed by atoms with van der Waals surface area (Å²) in [4.78, 5) is 13.0. The summed E-state index contributed by atoms with van der Waals surface area (Å²) in [6.45, 7) is 4.19. The van der Waals surface area contributed by atoms with Crippen LogP contribution in [0.3, 0.4) is 0 Å². The Kier molecular flexibility index (Phi) is 1.86. The van der Waals surface area contributed by atoms with Crippen LogP contribution in [0.4, 0.5) is 0 Å². The molecule has 0 atom stereocenters. The number of nitrogens with zero attached hydrogens (tertiary/aromatic N) is 3. The lowest BCUT2D eigenvalue weighted by Crippen LogP contribution is -1.92. The molecule has 1 aromatic carbocycles. The van der Waals surface area contributed by atoms with Crippen molar-refractivity contribution in [3.63, 3.8) is 0 Å². The van der Waals surface area contributed by atoms with Crippen LogP contribution in [0.2, 0.25) is 0 Å². The maximum Gasteiger partial charge on any atom is 0.0969 e. The zero-order chi connectivity index (χ0) is 11.1. The summed E-state index contributed by atoms with van der Waals surface area (Å²) in [5, 5.41) is 2.29. The Hall–Kier alpha value is -2.03. The molecule has 3 nitrogen and oxygen atoms in total. The molecule has 0 spiro atoms. The first kappa shape index (κ1) is 9.21. The summed E-state index contributed by atoms with van der Waals surface area (Å²) in [5.74, 6) is 0. The Morgan fingerprint density at radius 1 is 0.812 bits per heavy atom. The Balaban J connectivity index is 2.69. The third-order valence-corrected chi connectivity index (χ3v) is 3.10. The average molecular weight is 209 g/mol. The number of aryl methyl sites for hydroxylation is 2. The molecule has 0 saturated heterocycles. The van der Waals surface area contributed by atoms with Gasteiger partial charge in [0, 0.05) is 35.6 Å². The van der Waals surface area contributed by atoms with Gasteiger partial charge in [-0.2, -0.15) is 0 Å². The molecule has 0 aliphatic heterocycles. The van der Waals surface area contributed by atoms with Crippen LogP contribution >= 0.6 is 0 Å². The lowest BCUT2D eigenvalue weighted by Gasteiger charge is -2.09. The van der Waals surface area contributed by atoms with E-state index in [-0.39, 0.29) is 0 Å². The van der Waals surface area contributed by atoms with Crippen LogP contribution in [0, 0.1) is 13.8 Å². The van der Waals surface area contributed by atoms with E-state index in [4.69, 9.17) is 0 Å². The highest BCUT2D eigenvalue weighted by Gasteiger charge is 2.09. The predicted molar refractivity (Wildman–Crippen MR) is 64.3 cm³/mol. The van der Waals surface area contributed by atoms with Gasteiger partial charge in [-0.3, -0.25) is 15.0 Å². The SMILES string of the molecule is Cc1c(C)c2nccnc2c2ccncc12. The third-order valence-electron chi connectivity index (χ3n) is 3.10. The molecule has 2 heterocycles. The molecular formula is C13H11N3. The fraction of sp³-hybridized carbons (Fsp3) is 0.154. The molecule has 0 bridgehead atoms. The van der Waals surface area contributed by atoms with Crippen molar-refractivity contribution in [3.05, 3.63) is 42.0 Å². The molecule has 3 heteroatoms. The number of fused-ring (bicyclic) bond motifs is 3. The molecule has 0 amide bonds. The van der Waals surface area contributed by atoms with Crippen LogP contribution < -0.4 is 0 Å². The standard InChI is InChI=1S/C13H11N3/c1-8-9(2)12-13(16-6-5-15-12)10-3-4-14-7-11(8)10/h3-7H,1-2H3. The number of hydrogen-bond acceptors (Lipinski definition) is 3. The number of rotatable bonds is 0. The van der Waals surface area contributed by atoms with Crippen molar-refractivity contribution < 1.29 is 0 Å². The highest BCUT2D eigenvalue weighted by molar-refractivity contribution is 6.06. The minimum absolute atomic E-state index is 0.961. The van der Waals surface area contributed by atoms with E-state index in [1.807, 2.05) is 12.3 Å². The van der Waals surface area contributed by atoms with Crippen LogP contribution in [0.25, 0.3) is 21.8 Å². The molecule has 0 N–H and O–H groups in total. The maximum absolute atomic E-state index is 4.42. The second-order valence-electron chi connectivity index (χ2n) is 3.92. The monoisotopic (exact) mass is 209 g/mol. The summed E-state index contributed by atoms with van der Waals surface area (Å²) in [7, 11) is 0. The van der Waals surface area contributed by atoms with Crippen molar-refractivity contribution in [1.29, 1.82) is 0 Å². The summed E-state index contributed by atoms with van der Waals surface area (Å²) in [5.41, 5.74) is 4.36. The van der Waals surface area contributed by atoms with Gasteiger partial charge in [0.1, 0.15) is 0 Å². The number of benzene rings is 1. The normalized spacial score (nSPS) is 11.1. The van der Waals surface area contributed by atoms with E-state index in [0.717, 1.165) is 21.8 Å². The molecule has 0 fully saturated rings. The first-order valence-electron chi connectivity index (χ1n) is 5.22. The molecule has 0 unspecified atom stereocenters. The quantitative estimate of drug-likeness (QED) is 0.534. The largest absolute Gasteiger partial charge is 0.264 e. The minimum atomic E-state index is 0.961. The molecule has 3 aromatic rings. The number of hydrogen-bond donors (Lipinski definition) is 0.